The van der Waals surface area contributed by atoms with E-state index in [2.05, 4.69) is 29.2 Å². The lowest BCUT2D eigenvalue weighted by Gasteiger charge is -2.25. The van der Waals surface area contributed by atoms with Gasteiger partial charge in [-0.05, 0) is 54.8 Å². The molecule has 0 saturated carbocycles. The van der Waals surface area contributed by atoms with Gasteiger partial charge in [0.2, 0.25) is 6.79 Å². The Hall–Kier alpha value is -1.91. The Bertz CT molecular complexity index is 692. The summed E-state index contributed by atoms with van der Waals surface area (Å²) >= 11 is 0. The molecule has 4 rings (SSSR count). The zero-order valence-electron chi connectivity index (χ0n) is 12.9. The zero-order chi connectivity index (χ0) is 14.9. The zero-order valence-corrected chi connectivity index (χ0v) is 13.7. The maximum Gasteiger partial charge on any atom is 0.231 e. The molecule has 23 heavy (non-hydrogen) atoms. The van der Waals surface area contributed by atoms with E-state index in [4.69, 9.17) is 15.2 Å². The second-order valence-electron chi connectivity index (χ2n) is 5.99. The van der Waals surface area contributed by atoms with Gasteiger partial charge in [-0.2, -0.15) is 0 Å². The number of benzene rings is 2. The number of nitrogens with zero attached hydrogens (tertiary/aromatic N) is 1. The molecule has 2 heterocycles. The molecule has 1 unspecified atom stereocenters. The average molecular weight is 333 g/mol. The summed E-state index contributed by atoms with van der Waals surface area (Å²) in [6, 6.07) is 14.9. The summed E-state index contributed by atoms with van der Waals surface area (Å²) < 4.78 is 10.9. The van der Waals surface area contributed by atoms with Crippen LogP contribution in [0.3, 0.4) is 0 Å². The standard InChI is InChI=1S/C18H20N2O2.ClH/c19-15-4-1-3-13(9-15)11-20-8-2-5-16(20)14-6-7-17-18(10-14)22-12-21-17;/h1,3-4,6-7,9-10,16H,2,5,8,11-12,19H2;1H. The predicted molar refractivity (Wildman–Crippen MR) is 93.1 cm³/mol. The van der Waals surface area contributed by atoms with E-state index in [0.717, 1.165) is 30.3 Å². The van der Waals surface area contributed by atoms with Gasteiger partial charge >= 0.3 is 0 Å². The van der Waals surface area contributed by atoms with Gasteiger partial charge in [-0.3, -0.25) is 4.90 Å². The maximum absolute atomic E-state index is 5.89. The largest absolute Gasteiger partial charge is 0.454 e. The Morgan fingerprint density at radius 2 is 1.96 bits per heavy atom. The van der Waals surface area contributed by atoms with Gasteiger partial charge in [-0.15, -0.1) is 12.4 Å². The predicted octanol–water partition coefficient (Wildman–Crippen LogP) is 3.76. The minimum absolute atomic E-state index is 0. The van der Waals surface area contributed by atoms with Gasteiger partial charge in [0.15, 0.2) is 11.5 Å². The Morgan fingerprint density at radius 3 is 2.83 bits per heavy atom. The van der Waals surface area contributed by atoms with E-state index in [1.54, 1.807) is 0 Å². The molecule has 0 aliphatic carbocycles. The summed E-state index contributed by atoms with van der Waals surface area (Å²) in [4.78, 5) is 2.52. The smallest absolute Gasteiger partial charge is 0.231 e. The first-order chi connectivity index (χ1) is 10.8. The molecule has 2 aliphatic rings. The van der Waals surface area contributed by atoms with Crippen LogP contribution in [0, 0.1) is 0 Å². The molecule has 2 aromatic carbocycles. The molecule has 1 atom stereocenters. The van der Waals surface area contributed by atoms with Crippen LogP contribution in [-0.4, -0.2) is 18.2 Å². The Kier molecular flexibility index (Phi) is 4.64. The van der Waals surface area contributed by atoms with Crippen LogP contribution < -0.4 is 15.2 Å². The summed E-state index contributed by atoms with van der Waals surface area (Å²) in [7, 11) is 0. The van der Waals surface area contributed by atoms with Gasteiger partial charge in [-0.25, -0.2) is 0 Å². The fourth-order valence-corrected chi connectivity index (χ4v) is 3.44. The van der Waals surface area contributed by atoms with Crippen molar-refractivity contribution in [3.8, 4) is 11.5 Å². The number of likely N-dealkylation sites (tertiary alicyclic amines) is 1. The van der Waals surface area contributed by atoms with Crippen molar-refractivity contribution in [3.63, 3.8) is 0 Å². The van der Waals surface area contributed by atoms with Crippen LogP contribution in [-0.2, 0) is 6.54 Å². The van der Waals surface area contributed by atoms with E-state index in [1.807, 2.05) is 18.2 Å². The SMILES string of the molecule is Cl.Nc1cccc(CN2CCCC2c2ccc3c(c2)OCO3)c1. The van der Waals surface area contributed by atoms with Crippen LogP contribution in [0.15, 0.2) is 42.5 Å². The number of fused-ring (bicyclic) bond motifs is 1. The third-order valence-corrected chi connectivity index (χ3v) is 4.48. The molecule has 2 N–H and O–H groups in total. The molecular weight excluding hydrogens is 312 g/mol. The lowest BCUT2D eigenvalue weighted by Crippen LogP contribution is -2.22. The second-order valence-corrected chi connectivity index (χ2v) is 5.99. The van der Waals surface area contributed by atoms with Crippen molar-refractivity contribution in [2.24, 2.45) is 0 Å². The van der Waals surface area contributed by atoms with Gasteiger partial charge in [-0.1, -0.05) is 18.2 Å². The highest BCUT2D eigenvalue weighted by atomic mass is 35.5. The Morgan fingerprint density at radius 1 is 1.09 bits per heavy atom. The molecule has 0 radical (unpaired) electrons. The number of rotatable bonds is 3. The first-order valence-corrected chi connectivity index (χ1v) is 7.77. The lowest BCUT2D eigenvalue weighted by atomic mass is 10.0. The number of ether oxygens (including phenoxy) is 2. The van der Waals surface area contributed by atoms with Crippen molar-refractivity contribution in [2.75, 3.05) is 19.1 Å². The summed E-state index contributed by atoms with van der Waals surface area (Å²) in [5.74, 6) is 1.72. The van der Waals surface area contributed by atoms with Crippen molar-refractivity contribution in [1.29, 1.82) is 0 Å². The van der Waals surface area contributed by atoms with Crippen LogP contribution in [0.2, 0.25) is 0 Å². The molecule has 1 saturated heterocycles. The van der Waals surface area contributed by atoms with Gasteiger partial charge in [0.25, 0.3) is 0 Å². The van der Waals surface area contributed by atoms with Crippen LogP contribution >= 0.6 is 12.4 Å². The van der Waals surface area contributed by atoms with Crippen LogP contribution in [0.4, 0.5) is 5.69 Å². The molecule has 5 heteroatoms. The van der Waals surface area contributed by atoms with E-state index < -0.39 is 0 Å². The fraction of sp³-hybridized carbons (Fsp3) is 0.333. The minimum atomic E-state index is 0. The molecule has 2 aliphatic heterocycles. The highest BCUT2D eigenvalue weighted by Gasteiger charge is 2.27. The maximum atomic E-state index is 5.89. The van der Waals surface area contributed by atoms with E-state index in [9.17, 15) is 0 Å². The Labute approximate surface area is 142 Å². The van der Waals surface area contributed by atoms with Gasteiger partial charge in [0, 0.05) is 18.3 Å². The van der Waals surface area contributed by atoms with Crippen molar-refractivity contribution >= 4 is 18.1 Å². The molecule has 0 amide bonds. The molecule has 0 bridgehead atoms. The van der Waals surface area contributed by atoms with E-state index in [0.29, 0.717) is 12.8 Å². The molecule has 4 nitrogen and oxygen atoms in total. The topological polar surface area (TPSA) is 47.7 Å². The highest BCUT2D eigenvalue weighted by molar-refractivity contribution is 5.85. The number of halogens is 1. The van der Waals surface area contributed by atoms with Crippen LogP contribution in [0.1, 0.15) is 30.0 Å². The van der Waals surface area contributed by atoms with Crippen molar-refractivity contribution < 1.29 is 9.47 Å². The van der Waals surface area contributed by atoms with E-state index in [1.165, 1.54) is 24.0 Å². The lowest BCUT2D eigenvalue weighted by molar-refractivity contribution is 0.174. The third kappa shape index (κ3) is 3.23. The average Bonchev–Trinajstić information content (AvgIpc) is 3.15. The first-order valence-electron chi connectivity index (χ1n) is 7.77. The number of hydrogen-bond acceptors (Lipinski definition) is 4. The molecule has 2 aromatic rings. The number of hydrogen-bond donors (Lipinski definition) is 1. The van der Waals surface area contributed by atoms with Gasteiger partial charge < -0.3 is 15.2 Å². The molecular formula is C18H21ClN2O2. The van der Waals surface area contributed by atoms with Crippen molar-refractivity contribution in [2.45, 2.75) is 25.4 Å². The van der Waals surface area contributed by atoms with E-state index in [-0.39, 0.29) is 12.4 Å². The molecule has 0 spiro atoms. The van der Waals surface area contributed by atoms with Crippen molar-refractivity contribution in [3.05, 3.63) is 53.6 Å². The Balaban J connectivity index is 0.00000156. The quantitative estimate of drug-likeness (QED) is 0.869. The van der Waals surface area contributed by atoms with Gasteiger partial charge in [0.1, 0.15) is 0 Å². The second kappa shape index (κ2) is 6.69. The highest BCUT2D eigenvalue weighted by Crippen LogP contribution is 2.39. The summed E-state index contributed by atoms with van der Waals surface area (Å²) in [6.45, 7) is 2.38. The molecule has 122 valence electrons. The fourth-order valence-electron chi connectivity index (χ4n) is 3.44. The third-order valence-electron chi connectivity index (χ3n) is 4.48. The number of nitrogen functional groups attached to an aromatic ring is 1. The van der Waals surface area contributed by atoms with E-state index >= 15 is 0 Å². The minimum Gasteiger partial charge on any atom is -0.454 e. The van der Waals surface area contributed by atoms with Crippen molar-refractivity contribution in [1.82, 2.24) is 4.90 Å². The molecule has 0 aromatic heterocycles. The summed E-state index contributed by atoms with van der Waals surface area (Å²) in [6.07, 6.45) is 2.41. The first kappa shape index (κ1) is 16.0. The number of anilines is 1. The van der Waals surface area contributed by atoms with Crippen LogP contribution in [0.5, 0.6) is 11.5 Å². The molecule has 1 fully saturated rings. The monoisotopic (exact) mass is 332 g/mol. The van der Waals surface area contributed by atoms with Crippen LogP contribution in [0.25, 0.3) is 0 Å². The summed E-state index contributed by atoms with van der Waals surface area (Å²) in [5.41, 5.74) is 9.30. The van der Waals surface area contributed by atoms with Gasteiger partial charge in [0.05, 0.1) is 0 Å². The number of nitrogens with two attached hydrogens (primary N) is 1. The summed E-state index contributed by atoms with van der Waals surface area (Å²) in [5, 5.41) is 0. The normalized spacial score (nSPS) is 19.6.